The molecule has 138 valence electrons. The van der Waals surface area contributed by atoms with Gasteiger partial charge in [0.25, 0.3) is 5.91 Å². The lowest BCUT2D eigenvalue weighted by molar-refractivity contribution is 0.102. The largest absolute Gasteiger partial charge is 0.307 e. The van der Waals surface area contributed by atoms with Gasteiger partial charge >= 0.3 is 0 Å². The maximum Gasteiger partial charge on any atom is 0.256 e. The Morgan fingerprint density at radius 2 is 1.96 bits per heavy atom. The van der Waals surface area contributed by atoms with Gasteiger partial charge in [0.15, 0.2) is 0 Å². The van der Waals surface area contributed by atoms with Gasteiger partial charge in [-0.1, -0.05) is 13.0 Å². The summed E-state index contributed by atoms with van der Waals surface area (Å²) >= 11 is 3.31. The molecule has 1 amide bonds. The smallest absolute Gasteiger partial charge is 0.256 e. The zero-order chi connectivity index (χ0) is 18.7. The van der Waals surface area contributed by atoms with Gasteiger partial charge in [0.05, 0.1) is 4.90 Å². The first-order valence-corrected chi connectivity index (χ1v) is 10.6. The molecule has 0 saturated carbocycles. The number of amides is 1. The van der Waals surface area contributed by atoms with E-state index in [0.717, 1.165) is 12.8 Å². The topological polar surface area (TPSA) is 79.4 Å². The number of nitrogens with zero attached hydrogens (tertiary/aromatic N) is 2. The van der Waals surface area contributed by atoms with E-state index in [9.17, 15) is 13.2 Å². The summed E-state index contributed by atoms with van der Waals surface area (Å²) in [6, 6.07) is 9.77. The molecule has 0 unspecified atom stereocenters. The van der Waals surface area contributed by atoms with Crippen LogP contribution < -0.4 is 5.32 Å². The second-order valence-corrected chi connectivity index (χ2v) is 9.16. The van der Waals surface area contributed by atoms with Crippen molar-refractivity contribution in [2.45, 2.75) is 24.7 Å². The quantitative estimate of drug-likeness (QED) is 0.793. The van der Waals surface area contributed by atoms with E-state index in [0.29, 0.717) is 29.3 Å². The number of carbonyl (C=O) groups excluding carboxylic acids is 1. The molecule has 0 aliphatic carbocycles. The Balaban J connectivity index is 1.86. The van der Waals surface area contributed by atoms with Crippen LogP contribution in [-0.4, -0.2) is 36.7 Å². The second-order valence-electron chi connectivity index (χ2n) is 6.40. The fraction of sp³-hybridized carbons (Fsp3) is 0.333. The van der Waals surface area contributed by atoms with Gasteiger partial charge in [-0.3, -0.25) is 4.79 Å². The van der Waals surface area contributed by atoms with Gasteiger partial charge in [0.1, 0.15) is 5.82 Å². The van der Waals surface area contributed by atoms with E-state index in [2.05, 4.69) is 33.2 Å². The highest BCUT2D eigenvalue weighted by Gasteiger charge is 2.30. The number of carbonyl (C=O) groups is 1. The minimum atomic E-state index is -3.65. The molecular formula is C18H20BrN3O3S. The third-order valence-electron chi connectivity index (χ3n) is 4.46. The van der Waals surface area contributed by atoms with Crippen molar-refractivity contribution >= 4 is 37.7 Å². The molecule has 1 saturated heterocycles. The third-order valence-corrected chi connectivity index (χ3v) is 7.35. The summed E-state index contributed by atoms with van der Waals surface area (Å²) in [7, 11) is -3.65. The Bertz CT molecular complexity index is 895. The summed E-state index contributed by atoms with van der Waals surface area (Å²) in [5.74, 6) is 0.537. The number of halogens is 1. The van der Waals surface area contributed by atoms with E-state index in [1.54, 1.807) is 36.5 Å². The number of piperidine rings is 1. The molecular weight excluding hydrogens is 418 g/mol. The predicted octanol–water partition coefficient (Wildman–Crippen LogP) is 3.52. The lowest BCUT2D eigenvalue weighted by atomic mass is 10.0. The van der Waals surface area contributed by atoms with Crippen molar-refractivity contribution < 1.29 is 13.2 Å². The van der Waals surface area contributed by atoms with Crippen molar-refractivity contribution in [2.24, 2.45) is 5.92 Å². The molecule has 1 N–H and O–H groups in total. The van der Waals surface area contributed by atoms with Crippen LogP contribution in [0.1, 0.15) is 30.1 Å². The highest BCUT2D eigenvalue weighted by molar-refractivity contribution is 9.10. The number of hydrogen-bond acceptors (Lipinski definition) is 4. The molecule has 0 atom stereocenters. The second kappa shape index (κ2) is 7.85. The summed E-state index contributed by atoms with van der Waals surface area (Å²) in [6.07, 6.45) is 3.26. The van der Waals surface area contributed by atoms with Crippen molar-refractivity contribution in [2.75, 3.05) is 18.4 Å². The number of pyridine rings is 1. The van der Waals surface area contributed by atoms with Crippen LogP contribution in [0.3, 0.4) is 0 Å². The minimum absolute atomic E-state index is 0.112. The summed E-state index contributed by atoms with van der Waals surface area (Å²) in [5, 5.41) is 2.67. The molecule has 1 aromatic heterocycles. The molecule has 3 rings (SSSR count). The molecule has 1 aromatic carbocycles. The van der Waals surface area contributed by atoms with Crippen molar-refractivity contribution in [1.29, 1.82) is 0 Å². The highest BCUT2D eigenvalue weighted by Crippen LogP contribution is 2.29. The van der Waals surface area contributed by atoms with E-state index in [1.165, 1.54) is 10.4 Å². The molecule has 2 heterocycles. The molecule has 8 heteroatoms. The highest BCUT2D eigenvalue weighted by atomic mass is 79.9. The Kier molecular flexibility index (Phi) is 5.74. The average molecular weight is 438 g/mol. The SMILES string of the molecule is CC1CCN(S(=O)(=O)c2cc(C(=O)Nc3ccccn3)ccc2Br)CC1. The van der Waals surface area contributed by atoms with Crippen molar-refractivity contribution in [3.8, 4) is 0 Å². The molecule has 1 aliphatic rings. The number of rotatable bonds is 4. The summed E-state index contributed by atoms with van der Waals surface area (Å²) in [5.41, 5.74) is 0.266. The lowest BCUT2D eigenvalue weighted by Crippen LogP contribution is -2.38. The number of aromatic nitrogens is 1. The number of anilines is 1. The monoisotopic (exact) mass is 437 g/mol. The van der Waals surface area contributed by atoms with Gasteiger partial charge in [-0.15, -0.1) is 0 Å². The van der Waals surface area contributed by atoms with Gasteiger partial charge in [-0.2, -0.15) is 4.31 Å². The maximum atomic E-state index is 13.0. The van der Waals surface area contributed by atoms with Crippen molar-refractivity contribution in [3.63, 3.8) is 0 Å². The summed E-state index contributed by atoms with van der Waals surface area (Å²) in [6.45, 7) is 3.13. The van der Waals surface area contributed by atoms with Crippen LogP contribution in [-0.2, 0) is 10.0 Å². The average Bonchev–Trinajstić information content (AvgIpc) is 2.63. The Morgan fingerprint density at radius 1 is 1.23 bits per heavy atom. The van der Waals surface area contributed by atoms with Crippen LogP contribution in [0.5, 0.6) is 0 Å². The Labute approximate surface area is 161 Å². The van der Waals surface area contributed by atoms with E-state index in [1.807, 2.05) is 0 Å². The Morgan fingerprint density at radius 3 is 2.62 bits per heavy atom. The van der Waals surface area contributed by atoms with E-state index in [-0.39, 0.29) is 10.5 Å². The van der Waals surface area contributed by atoms with Crippen LogP contribution in [0.25, 0.3) is 0 Å². The van der Waals surface area contributed by atoms with Crippen LogP contribution in [0.4, 0.5) is 5.82 Å². The van der Waals surface area contributed by atoms with Crippen molar-refractivity contribution in [1.82, 2.24) is 9.29 Å². The van der Waals surface area contributed by atoms with Gasteiger partial charge in [0.2, 0.25) is 10.0 Å². The number of benzene rings is 1. The minimum Gasteiger partial charge on any atom is -0.307 e. The van der Waals surface area contributed by atoms with Gasteiger partial charge < -0.3 is 5.32 Å². The van der Waals surface area contributed by atoms with E-state index in [4.69, 9.17) is 0 Å². The first-order valence-electron chi connectivity index (χ1n) is 8.40. The molecule has 0 bridgehead atoms. The zero-order valence-electron chi connectivity index (χ0n) is 14.4. The molecule has 1 aliphatic heterocycles. The standard InChI is InChI=1S/C18H20BrN3O3S/c1-13-7-10-22(11-8-13)26(24,25)16-12-14(5-6-15(16)19)18(23)21-17-4-2-3-9-20-17/h2-6,9,12-13H,7-8,10-11H2,1H3,(H,20,21,23). The molecule has 1 fully saturated rings. The van der Waals surface area contributed by atoms with Crippen LogP contribution in [0.15, 0.2) is 52.0 Å². The maximum absolute atomic E-state index is 13.0. The first-order chi connectivity index (χ1) is 12.4. The third kappa shape index (κ3) is 4.13. The van der Waals surface area contributed by atoms with Crippen molar-refractivity contribution in [3.05, 3.63) is 52.6 Å². The van der Waals surface area contributed by atoms with Crippen LogP contribution >= 0.6 is 15.9 Å². The fourth-order valence-corrected chi connectivity index (χ4v) is 5.25. The number of sulfonamides is 1. The van der Waals surface area contributed by atoms with Gasteiger partial charge in [-0.05, 0) is 65.0 Å². The van der Waals surface area contributed by atoms with E-state index >= 15 is 0 Å². The molecule has 2 aromatic rings. The molecule has 0 spiro atoms. The predicted molar refractivity (Wildman–Crippen MR) is 103 cm³/mol. The lowest BCUT2D eigenvalue weighted by Gasteiger charge is -2.29. The van der Waals surface area contributed by atoms with E-state index < -0.39 is 15.9 Å². The van der Waals surface area contributed by atoms with Gasteiger partial charge in [0, 0.05) is 29.3 Å². The number of nitrogens with one attached hydrogen (secondary N) is 1. The molecule has 26 heavy (non-hydrogen) atoms. The summed E-state index contributed by atoms with van der Waals surface area (Å²) in [4.78, 5) is 16.6. The first kappa shape index (κ1) is 19.0. The Hall–Kier alpha value is -1.77. The molecule has 0 radical (unpaired) electrons. The normalized spacial score (nSPS) is 16.4. The zero-order valence-corrected chi connectivity index (χ0v) is 16.8. The fourth-order valence-electron chi connectivity index (χ4n) is 2.83. The van der Waals surface area contributed by atoms with Gasteiger partial charge in [-0.25, -0.2) is 13.4 Å². The molecule has 6 nitrogen and oxygen atoms in total. The summed E-state index contributed by atoms with van der Waals surface area (Å²) < 4.78 is 27.9. The van der Waals surface area contributed by atoms with Crippen LogP contribution in [0.2, 0.25) is 0 Å². The number of hydrogen-bond donors (Lipinski definition) is 1. The van der Waals surface area contributed by atoms with Crippen LogP contribution in [0, 0.1) is 5.92 Å².